The number of imidazole rings is 1. The topological polar surface area (TPSA) is 88.7 Å². The fourth-order valence-electron chi connectivity index (χ4n) is 3.41. The van der Waals surface area contributed by atoms with Crippen molar-refractivity contribution in [1.82, 2.24) is 19.6 Å². The number of pyridine rings is 1. The van der Waals surface area contributed by atoms with Gasteiger partial charge in [-0.1, -0.05) is 0 Å². The van der Waals surface area contributed by atoms with Gasteiger partial charge in [-0.15, -0.1) is 0 Å². The van der Waals surface area contributed by atoms with Gasteiger partial charge < -0.3 is 14.1 Å². The molecule has 8 heteroatoms. The van der Waals surface area contributed by atoms with Crippen molar-refractivity contribution in [3.63, 3.8) is 0 Å². The average Bonchev–Trinajstić information content (AvgIpc) is 3.24. The molecule has 5 heterocycles. The first kappa shape index (κ1) is 15.2. The summed E-state index contributed by atoms with van der Waals surface area (Å²) in [6.45, 7) is 4.32. The molecular formula is C18H17N5O3. The van der Waals surface area contributed by atoms with Gasteiger partial charge in [0.05, 0.1) is 24.3 Å². The van der Waals surface area contributed by atoms with Crippen LogP contribution >= 0.6 is 0 Å². The number of nitrogens with zero attached hydrogens (tertiary/aromatic N) is 4. The summed E-state index contributed by atoms with van der Waals surface area (Å²) in [5, 5.41) is 3.70. The van der Waals surface area contributed by atoms with Crippen LogP contribution in [0, 0.1) is 0 Å². The molecule has 8 nitrogen and oxygen atoms in total. The number of fused-ring (bicyclic) bond motifs is 2. The summed E-state index contributed by atoms with van der Waals surface area (Å²) in [6, 6.07) is 6.92. The van der Waals surface area contributed by atoms with Crippen molar-refractivity contribution >= 4 is 22.4 Å². The molecule has 1 fully saturated rings. The molecule has 5 rings (SSSR count). The van der Waals surface area contributed by atoms with Crippen molar-refractivity contribution in [3.8, 4) is 11.5 Å². The molecule has 1 N–H and O–H groups in total. The van der Waals surface area contributed by atoms with Gasteiger partial charge in [0.25, 0.3) is 5.56 Å². The maximum Gasteiger partial charge on any atom is 0.263 e. The third-order valence-electron chi connectivity index (χ3n) is 4.61. The number of ether oxygens (including phenoxy) is 1. The number of furan rings is 1. The molecule has 0 bridgehead atoms. The van der Waals surface area contributed by atoms with E-state index in [0.29, 0.717) is 23.7 Å². The zero-order valence-electron chi connectivity index (χ0n) is 14.2. The number of rotatable bonds is 2. The molecule has 1 atom stereocenters. The van der Waals surface area contributed by atoms with Crippen molar-refractivity contribution in [2.24, 2.45) is 0 Å². The van der Waals surface area contributed by atoms with Crippen LogP contribution < -0.4 is 10.5 Å². The highest BCUT2D eigenvalue weighted by Crippen LogP contribution is 2.33. The largest absolute Gasteiger partial charge is 0.454 e. The quantitative estimate of drug-likeness (QED) is 0.595. The van der Waals surface area contributed by atoms with E-state index in [1.807, 2.05) is 12.1 Å². The molecule has 1 saturated heterocycles. The standard InChI is InChI=1S/C18H17N5O3/c1-11-10-22(6-7-25-11)18-12-8-15(26-14(12)4-5-19-18)13-9-20-16-2-3-17(24)21-23(13)16/h2-5,8-9,11H,6-7,10H2,1H3,(H,21,24). The first-order valence-corrected chi connectivity index (χ1v) is 8.51. The monoisotopic (exact) mass is 351 g/mol. The maximum atomic E-state index is 11.7. The minimum Gasteiger partial charge on any atom is -0.454 e. The van der Waals surface area contributed by atoms with Gasteiger partial charge in [0.2, 0.25) is 0 Å². The highest BCUT2D eigenvalue weighted by molar-refractivity contribution is 5.92. The Kier molecular flexibility index (Phi) is 3.32. The van der Waals surface area contributed by atoms with Crippen LogP contribution in [0.25, 0.3) is 28.1 Å². The van der Waals surface area contributed by atoms with Crippen LogP contribution in [-0.4, -0.2) is 45.4 Å². The van der Waals surface area contributed by atoms with Gasteiger partial charge in [-0.3, -0.25) is 9.89 Å². The first-order chi connectivity index (χ1) is 12.7. The van der Waals surface area contributed by atoms with E-state index in [2.05, 4.69) is 26.9 Å². The van der Waals surface area contributed by atoms with Gasteiger partial charge in [0.1, 0.15) is 17.1 Å². The van der Waals surface area contributed by atoms with Gasteiger partial charge >= 0.3 is 0 Å². The molecule has 4 aromatic rings. The van der Waals surface area contributed by atoms with E-state index >= 15 is 0 Å². The number of hydrogen-bond donors (Lipinski definition) is 1. The van der Waals surface area contributed by atoms with Crippen LogP contribution in [-0.2, 0) is 4.74 Å². The number of aromatic nitrogens is 4. The predicted octanol–water partition coefficient (Wildman–Crippen LogP) is 2.06. The molecule has 26 heavy (non-hydrogen) atoms. The molecular weight excluding hydrogens is 334 g/mol. The number of nitrogens with one attached hydrogen (secondary N) is 1. The number of morpholine rings is 1. The van der Waals surface area contributed by atoms with Gasteiger partial charge in [0.15, 0.2) is 11.4 Å². The molecule has 0 amide bonds. The van der Waals surface area contributed by atoms with Gasteiger partial charge in [0, 0.05) is 25.4 Å². The van der Waals surface area contributed by atoms with Crippen molar-refractivity contribution in [2.45, 2.75) is 13.0 Å². The molecule has 1 aliphatic rings. The third-order valence-corrected chi connectivity index (χ3v) is 4.61. The van der Waals surface area contributed by atoms with Crippen LogP contribution in [0.5, 0.6) is 0 Å². The molecule has 0 aliphatic carbocycles. The number of hydrogen-bond acceptors (Lipinski definition) is 6. The molecule has 0 aromatic carbocycles. The molecule has 132 valence electrons. The van der Waals surface area contributed by atoms with Crippen LogP contribution in [0.15, 0.2) is 45.9 Å². The van der Waals surface area contributed by atoms with E-state index < -0.39 is 0 Å². The summed E-state index contributed by atoms with van der Waals surface area (Å²) >= 11 is 0. The zero-order valence-corrected chi connectivity index (χ0v) is 14.2. The summed E-state index contributed by atoms with van der Waals surface area (Å²) in [5.74, 6) is 1.51. The predicted molar refractivity (Wildman–Crippen MR) is 96.4 cm³/mol. The fourth-order valence-corrected chi connectivity index (χ4v) is 3.41. The summed E-state index contributed by atoms with van der Waals surface area (Å²) in [5.41, 5.74) is 1.89. The Morgan fingerprint density at radius 2 is 2.19 bits per heavy atom. The molecule has 0 saturated carbocycles. The van der Waals surface area contributed by atoms with Crippen molar-refractivity contribution in [3.05, 3.63) is 47.0 Å². The van der Waals surface area contributed by atoms with E-state index in [4.69, 9.17) is 9.15 Å². The van der Waals surface area contributed by atoms with E-state index in [1.165, 1.54) is 6.07 Å². The van der Waals surface area contributed by atoms with Crippen molar-refractivity contribution in [2.75, 3.05) is 24.6 Å². The Labute approximate surface area is 148 Å². The maximum absolute atomic E-state index is 11.7. The van der Waals surface area contributed by atoms with E-state index in [0.717, 1.165) is 29.9 Å². The third kappa shape index (κ3) is 2.38. The van der Waals surface area contributed by atoms with Crippen molar-refractivity contribution < 1.29 is 9.15 Å². The summed E-state index contributed by atoms with van der Waals surface area (Å²) in [4.78, 5) is 22.8. The van der Waals surface area contributed by atoms with E-state index in [-0.39, 0.29) is 11.7 Å². The van der Waals surface area contributed by atoms with E-state index in [9.17, 15) is 4.79 Å². The van der Waals surface area contributed by atoms with Crippen LogP contribution in [0.4, 0.5) is 5.82 Å². The Morgan fingerprint density at radius 1 is 1.27 bits per heavy atom. The first-order valence-electron chi connectivity index (χ1n) is 8.51. The minimum absolute atomic E-state index is 0.163. The lowest BCUT2D eigenvalue weighted by Crippen LogP contribution is -2.41. The van der Waals surface area contributed by atoms with Crippen LogP contribution in [0.3, 0.4) is 0 Å². The highest BCUT2D eigenvalue weighted by atomic mass is 16.5. The Hall–Kier alpha value is -3.13. The van der Waals surface area contributed by atoms with Crippen LogP contribution in [0.1, 0.15) is 6.92 Å². The Balaban J connectivity index is 1.65. The lowest BCUT2D eigenvalue weighted by molar-refractivity contribution is 0.0530. The van der Waals surface area contributed by atoms with E-state index in [1.54, 1.807) is 23.0 Å². The second kappa shape index (κ2) is 5.70. The Bertz CT molecular complexity index is 1160. The summed E-state index contributed by atoms with van der Waals surface area (Å²) in [6.07, 6.45) is 3.60. The smallest absolute Gasteiger partial charge is 0.263 e. The summed E-state index contributed by atoms with van der Waals surface area (Å²) in [7, 11) is 0. The molecule has 0 spiro atoms. The lowest BCUT2D eigenvalue weighted by Gasteiger charge is -2.32. The Morgan fingerprint density at radius 3 is 3.08 bits per heavy atom. The molecule has 1 unspecified atom stereocenters. The number of aromatic amines is 1. The van der Waals surface area contributed by atoms with Gasteiger partial charge in [-0.05, 0) is 25.1 Å². The summed E-state index contributed by atoms with van der Waals surface area (Å²) < 4.78 is 13.3. The minimum atomic E-state index is -0.197. The zero-order chi connectivity index (χ0) is 17.7. The molecule has 4 aromatic heterocycles. The molecule has 1 aliphatic heterocycles. The van der Waals surface area contributed by atoms with Crippen molar-refractivity contribution in [1.29, 1.82) is 0 Å². The average molecular weight is 351 g/mol. The number of anilines is 1. The van der Waals surface area contributed by atoms with Crippen LogP contribution in [0.2, 0.25) is 0 Å². The number of H-pyrrole nitrogens is 1. The highest BCUT2D eigenvalue weighted by Gasteiger charge is 2.22. The lowest BCUT2D eigenvalue weighted by atomic mass is 10.2. The normalized spacial score (nSPS) is 18.0. The fraction of sp³-hybridized carbons (Fsp3) is 0.278. The van der Waals surface area contributed by atoms with Gasteiger partial charge in [-0.2, -0.15) is 0 Å². The second-order valence-electron chi connectivity index (χ2n) is 6.43. The molecule has 0 radical (unpaired) electrons. The van der Waals surface area contributed by atoms with Gasteiger partial charge in [-0.25, -0.2) is 14.5 Å². The second-order valence-corrected chi connectivity index (χ2v) is 6.43. The SMILES string of the molecule is CC1CN(c2nccc3oc(-c4cnc5ccc(=O)[nH]n45)cc23)CCO1.